The molecule has 0 spiro atoms. The van der Waals surface area contributed by atoms with Crippen molar-refractivity contribution in [2.75, 3.05) is 6.54 Å². The number of rotatable bonds is 0. The number of carbonyl (C=O) groups is 1. The Morgan fingerprint density at radius 3 is 3.06 bits per heavy atom. The molecule has 1 aliphatic heterocycles. The fourth-order valence-corrected chi connectivity index (χ4v) is 3.51. The number of ketones is 1. The highest BCUT2D eigenvalue weighted by atomic mass is 16.1. The zero-order valence-corrected chi connectivity index (χ0v) is 10.2. The van der Waals surface area contributed by atoms with E-state index in [-0.39, 0.29) is 5.78 Å². The molecule has 2 aliphatic rings. The van der Waals surface area contributed by atoms with Crippen molar-refractivity contribution in [3.63, 3.8) is 0 Å². The minimum Gasteiger partial charge on any atom is -0.352 e. The van der Waals surface area contributed by atoms with E-state index in [1.165, 1.54) is 10.9 Å². The van der Waals surface area contributed by atoms with Crippen LogP contribution in [0.3, 0.4) is 0 Å². The lowest BCUT2D eigenvalue weighted by Crippen LogP contribution is -2.30. The molecule has 2 unspecified atom stereocenters. The molecule has 3 heteroatoms. The SMILES string of the molecule is O=C1CC2CCNC(C2)c2c1[nH]c1ccccc21. The fraction of sp³-hybridized carbons (Fsp3) is 0.400. The lowest BCUT2D eigenvalue weighted by Gasteiger charge is -2.27. The van der Waals surface area contributed by atoms with Gasteiger partial charge < -0.3 is 10.3 Å². The van der Waals surface area contributed by atoms with Gasteiger partial charge in [0.2, 0.25) is 0 Å². The van der Waals surface area contributed by atoms with Gasteiger partial charge in [-0.25, -0.2) is 0 Å². The zero-order valence-electron chi connectivity index (χ0n) is 10.2. The summed E-state index contributed by atoms with van der Waals surface area (Å²) >= 11 is 0. The summed E-state index contributed by atoms with van der Waals surface area (Å²) in [6, 6.07) is 8.58. The van der Waals surface area contributed by atoms with E-state index >= 15 is 0 Å². The number of benzene rings is 1. The van der Waals surface area contributed by atoms with Crippen LogP contribution < -0.4 is 5.32 Å². The van der Waals surface area contributed by atoms with Crippen molar-refractivity contribution >= 4 is 16.7 Å². The second-order valence-electron chi connectivity index (χ2n) is 5.48. The normalized spacial score (nSPS) is 27.0. The van der Waals surface area contributed by atoms with Gasteiger partial charge in [0.15, 0.2) is 5.78 Å². The van der Waals surface area contributed by atoms with Crippen molar-refractivity contribution in [2.45, 2.75) is 25.3 Å². The molecule has 2 bridgehead atoms. The summed E-state index contributed by atoms with van der Waals surface area (Å²) in [6.45, 7) is 1.03. The third-order valence-electron chi connectivity index (χ3n) is 4.36. The molecule has 1 aliphatic carbocycles. The Bertz CT molecular complexity index is 628. The summed E-state index contributed by atoms with van der Waals surface area (Å²) in [5, 5.41) is 4.78. The molecule has 0 saturated carbocycles. The summed E-state index contributed by atoms with van der Waals surface area (Å²) in [5.41, 5.74) is 3.14. The molecule has 1 saturated heterocycles. The van der Waals surface area contributed by atoms with E-state index in [9.17, 15) is 4.79 Å². The van der Waals surface area contributed by atoms with Crippen LogP contribution in [0.25, 0.3) is 10.9 Å². The number of Topliss-reactive ketones (excluding diaryl/α,β-unsaturated/α-hetero) is 1. The van der Waals surface area contributed by atoms with Crippen LogP contribution in [0.5, 0.6) is 0 Å². The van der Waals surface area contributed by atoms with Crippen LogP contribution in [0.1, 0.15) is 41.4 Å². The van der Waals surface area contributed by atoms with Crippen molar-refractivity contribution in [3.8, 4) is 0 Å². The van der Waals surface area contributed by atoms with Crippen LogP contribution in [0, 0.1) is 5.92 Å². The minimum absolute atomic E-state index is 0.289. The van der Waals surface area contributed by atoms with Gasteiger partial charge >= 0.3 is 0 Å². The Hall–Kier alpha value is -1.61. The number of para-hydroxylation sites is 1. The maximum Gasteiger partial charge on any atom is 0.179 e. The van der Waals surface area contributed by atoms with Crippen LogP contribution in [-0.2, 0) is 0 Å². The molecule has 1 fully saturated rings. The van der Waals surface area contributed by atoms with Crippen molar-refractivity contribution in [2.24, 2.45) is 5.92 Å². The van der Waals surface area contributed by atoms with Gasteiger partial charge in [-0.2, -0.15) is 0 Å². The molecule has 92 valence electrons. The molecule has 2 heterocycles. The number of aromatic amines is 1. The molecule has 1 aromatic carbocycles. The number of nitrogens with one attached hydrogen (secondary N) is 2. The smallest absolute Gasteiger partial charge is 0.179 e. The first-order valence-electron chi connectivity index (χ1n) is 6.70. The molecule has 1 aromatic heterocycles. The van der Waals surface area contributed by atoms with Gasteiger partial charge in [0.05, 0.1) is 5.69 Å². The Balaban J connectivity index is 1.99. The van der Waals surface area contributed by atoms with E-state index in [1.54, 1.807) is 0 Å². The van der Waals surface area contributed by atoms with Gasteiger partial charge in [-0.15, -0.1) is 0 Å². The Kier molecular flexibility index (Phi) is 2.12. The third-order valence-corrected chi connectivity index (χ3v) is 4.36. The number of hydrogen-bond donors (Lipinski definition) is 2. The third kappa shape index (κ3) is 1.37. The molecule has 2 N–H and O–H groups in total. The molecular formula is C15H16N2O. The standard InChI is InChI=1S/C15H16N2O/c18-13-8-9-5-6-16-12(7-9)14-10-3-1-2-4-11(10)17-15(13)14/h1-4,9,12,16-17H,5-8H2. The maximum atomic E-state index is 12.4. The highest BCUT2D eigenvalue weighted by Gasteiger charge is 2.34. The van der Waals surface area contributed by atoms with Crippen molar-refractivity contribution in [1.29, 1.82) is 0 Å². The maximum absolute atomic E-state index is 12.4. The number of fused-ring (bicyclic) bond motifs is 6. The monoisotopic (exact) mass is 240 g/mol. The average Bonchev–Trinajstić information content (AvgIpc) is 2.74. The molecule has 0 amide bonds. The van der Waals surface area contributed by atoms with Gasteiger partial charge in [0.25, 0.3) is 0 Å². The van der Waals surface area contributed by atoms with Gasteiger partial charge in [0.1, 0.15) is 0 Å². The average molecular weight is 240 g/mol. The molecule has 18 heavy (non-hydrogen) atoms. The Labute approximate surface area is 106 Å². The summed E-state index contributed by atoms with van der Waals surface area (Å²) in [4.78, 5) is 15.7. The van der Waals surface area contributed by atoms with Crippen LogP contribution in [0.15, 0.2) is 24.3 Å². The fourth-order valence-electron chi connectivity index (χ4n) is 3.51. The van der Waals surface area contributed by atoms with Crippen LogP contribution in [0.4, 0.5) is 0 Å². The first kappa shape index (κ1) is 10.3. The lowest BCUT2D eigenvalue weighted by atomic mass is 9.89. The van der Waals surface area contributed by atoms with Crippen LogP contribution in [-0.4, -0.2) is 17.3 Å². The van der Waals surface area contributed by atoms with E-state index in [1.807, 2.05) is 12.1 Å². The molecule has 4 rings (SSSR count). The molecule has 2 atom stereocenters. The molecule has 0 radical (unpaired) electrons. The van der Waals surface area contributed by atoms with Crippen LogP contribution >= 0.6 is 0 Å². The Morgan fingerprint density at radius 2 is 2.11 bits per heavy atom. The highest BCUT2D eigenvalue weighted by molar-refractivity contribution is 6.03. The first-order chi connectivity index (χ1) is 8.83. The predicted molar refractivity (Wildman–Crippen MR) is 70.7 cm³/mol. The second kappa shape index (κ2) is 3.69. The number of aromatic nitrogens is 1. The van der Waals surface area contributed by atoms with E-state index in [4.69, 9.17) is 0 Å². The summed E-state index contributed by atoms with van der Waals surface area (Å²) < 4.78 is 0. The predicted octanol–water partition coefficient (Wildman–Crippen LogP) is 2.80. The largest absolute Gasteiger partial charge is 0.352 e. The van der Waals surface area contributed by atoms with Crippen molar-refractivity contribution in [1.82, 2.24) is 10.3 Å². The topological polar surface area (TPSA) is 44.9 Å². The molecule has 3 nitrogen and oxygen atoms in total. The minimum atomic E-state index is 0.289. The molecular weight excluding hydrogens is 224 g/mol. The van der Waals surface area contributed by atoms with E-state index in [0.717, 1.165) is 30.6 Å². The summed E-state index contributed by atoms with van der Waals surface area (Å²) in [6.07, 6.45) is 2.93. The van der Waals surface area contributed by atoms with Crippen molar-refractivity contribution < 1.29 is 4.79 Å². The summed E-state index contributed by atoms with van der Waals surface area (Å²) in [5.74, 6) is 0.848. The van der Waals surface area contributed by atoms with E-state index in [2.05, 4.69) is 22.4 Å². The molecule has 2 aromatic rings. The number of H-pyrrole nitrogens is 1. The van der Waals surface area contributed by atoms with E-state index in [0.29, 0.717) is 18.4 Å². The van der Waals surface area contributed by atoms with E-state index < -0.39 is 0 Å². The van der Waals surface area contributed by atoms with Crippen LogP contribution in [0.2, 0.25) is 0 Å². The Morgan fingerprint density at radius 1 is 1.22 bits per heavy atom. The van der Waals surface area contributed by atoms with Gasteiger partial charge in [-0.1, -0.05) is 18.2 Å². The second-order valence-corrected chi connectivity index (χ2v) is 5.48. The number of carbonyl (C=O) groups excluding carboxylic acids is 1. The zero-order chi connectivity index (χ0) is 12.1. The lowest BCUT2D eigenvalue weighted by molar-refractivity contribution is 0.0953. The van der Waals surface area contributed by atoms with Gasteiger partial charge in [0, 0.05) is 28.9 Å². The number of hydrogen-bond acceptors (Lipinski definition) is 2. The number of piperidine rings is 1. The quantitative estimate of drug-likeness (QED) is 0.743. The summed E-state index contributed by atoms with van der Waals surface area (Å²) in [7, 11) is 0. The van der Waals surface area contributed by atoms with Gasteiger partial charge in [-0.05, 0) is 31.4 Å². The first-order valence-corrected chi connectivity index (χ1v) is 6.70. The van der Waals surface area contributed by atoms with Crippen molar-refractivity contribution in [3.05, 3.63) is 35.5 Å². The van der Waals surface area contributed by atoms with Gasteiger partial charge in [-0.3, -0.25) is 4.79 Å². The highest BCUT2D eigenvalue weighted by Crippen LogP contribution is 2.39.